The summed E-state index contributed by atoms with van der Waals surface area (Å²) in [6.45, 7) is 3.82. The van der Waals surface area contributed by atoms with Gasteiger partial charge >= 0.3 is 0 Å². The van der Waals surface area contributed by atoms with Gasteiger partial charge in [-0.15, -0.1) is 12.4 Å². The minimum atomic E-state index is -0.0433. The lowest BCUT2D eigenvalue weighted by molar-refractivity contribution is -0.117. The molecule has 0 aliphatic heterocycles. The highest BCUT2D eigenvalue weighted by molar-refractivity contribution is 5.93. The van der Waals surface area contributed by atoms with Crippen molar-refractivity contribution in [3.05, 3.63) is 23.4 Å². The first kappa shape index (κ1) is 13.9. The van der Waals surface area contributed by atoms with Gasteiger partial charge in [0.2, 0.25) is 5.91 Å². The number of nitrogens with zero attached hydrogens (tertiary/aromatic N) is 1. The molecule has 0 radical (unpaired) electrons. The summed E-state index contributed by atoms with van der Waals surface area (Å²) in [5, 5.41) is 2.83. The van der Waals surface area contributed by atoms with Crippen molar-refractivity contribution in [1.29, 1.82) is 0 Å². The van der Waals surface area contributed by atoms with Gasteiger partial charge in [-0.1, -0.05) is 0 Å². The van der Waals surface area contributed by atoms with E-state index in [0.717, 1.165) is 24.1 Å². The maximum atomic E-state index is 11.6. The first-order chi connectivity index (χ1) is 7.56. The first-order valence-corrected chi connectivity index (χ1v) is 5.61. The Morgan fingerprint density at radius 2 is 2.18 bits per heavy atom. The topological polar surface area (TPSA) is 68.0 Å². The molecule has 1 unspecified atom stereocenters. The number of aromatic nitrogens is 1. The minimum absolute atomic E-state index is 0. The molecule has 1 aliphatic rings. The standard InChI is InChI=1S/C12H17N3O.ClH/c1-7-5-10(8(2)13)6-11(14-7)15-12(16)9-3-4-9;/h5-6,8-9H,3-4,13H2,1-2H3,(H,14,15,16);1H. The van der Waals surface area contributed by atoms with Crippen LogP contribution in [-0.4, -0.2) is 10.9 Å². The van der Waals surface area contributed by atoms with E-state index in [1.165, 1.54) is 0 Å². The Bertz CT molecular complexity index is 416. The van der Waals surface area contributed by atoms with E-state index in [2.05, 4.69) is 10.3 Å². The van der Waals surface area contributed by atoms with Crippen LogP contribution in [0.4, 0.5) is 5.82 Å². The van der Waals surface area contributed by atoms with Crippen molar-refractivity contribution in [2.24, 2.45) is 11.7 Å². The smallest absolute Gasteiger partial charge is 0.228 e. The second kappa shape index (κ2) is 5.47. The van der Waals surface area contributed by atoms with Crippen LogP contribution in [0, 0.1) is 12.8 Å². The molecule has 1 aromatic rings. The molecule has 4 nitrogen and oxygen atoms in total. The fourth-order valence-corrected chi connectivity index (χ4v) is 1.60. The van der Waals surface area contributed by atoms with Crippen molar-refractivity contribution >= 4 is 24.1 Å². The van der Waals surface area contributed by atoms with Gasteiger partial charge in [0.05, 0.1) is 0 Å². The quantitative estimate of drug-likeness (QED) is 0.870. The summed E-state index contributed by atoms with van der Waals surface area (Å²) in [5.74, 6) is 0.888. The number of carbonyl (C=O) groups excluding carboxylic acids is 1. The molecular weight excluding hydrogens is 238 g/mol. The van der Waals surface area contributed by atoms with E-state index >= 15 is 0 Å². The van der Waals surface area contributed by atoms with Crippen molar-refractivity contribution in [3.8, 4) is 0 Å². The molecule has 1 amide bonds. The Morgan fingerprint density at radius 1 is 1.53 bits per heavy atom. The third kappa shape index (κ3) is 3.68. The highest BCUT2D eigenvalue weighted by Crippen LogP contribution is 2.30. The zero-order chi connectivity index (χ0) is 11.7. The monoisotopic (exact) mass is 255 g/mol. The van der Waals surface area contributed by atoms with Crippen LogP contribution in [0.3, 0.4) is 0 Å². The van der Waals surface area contributed by atoms with Gasteiger partial charge in [0.25, 0.3) is 0 Å². The number of carbonyl (C=O) groups is 1. The van der Waals surface area contributed by atoms with Gasteiger partial charge in [-0.05, 0) is 44.4 Å². The zero-order valence-electron chi connectivity index (χ0n) is 10.1. The second-order valence-electron chi connectivity index (χ2n) is 4.48. The van der Waals surface area contributed by atoms with Gasteiger partial charge in [0.15, 0.2) is 0 Å². The fourth-order valence-electron chi connectivity index (χ4n) is 1.60. The molecule has 0 saturated heterocycles. The molecule has 1 aromatic heterocycles. The van der Waals surface area contributed by atoms with E-state index in [0.29, 0.717) is 5.82 Å². The van der Waals surface area contributed by atoms with E-state index in [9.17, 15) is 4.79 Å². The number of nitrogens with one attached hydrogen (secondary N) is 1. The third-order valence-electron chi connectivity index (χ3n) is 2.70. The van der Waals surface area contributed by atoms with Gasteiger partial charge < -0.3 is 11.1 Å². The number of halogens is 1. The number of hydrogen-bond donors (Lipinski definition) is 2. The van der Waals surface area contributed by atoms with Crippen LogP contribution in [0.5, 0.6) is 0 Å². The number of hydrogen-bond acceptors (Lipinski definition) is 3. The van der Waals surface area contributed by atoms with Crippen molar-refractivity contribution in [3.63, 3.8) is 0 Å². The SMILES string of the molecule is Cc1cc(C(C)N)cc(NC(=O)C2CC2)n1.Cl. The Labute approximate surface area is 107 Å². The summed E-state index contributed by atoms with van der Waals surface area (Å²) in [4.78, 5) is 15.9. The summed E-state index contributed by atoms with van der Waals surface area (Å²) >= 11 is 0. The number of aryl methyl sites for hydroxylation is 1. The average molecular weight is 256 g/mol. The predicted octanol–water partition coefficient (Wildman–Crippen LogP) is 2.18. The molecule has 94 valence electrons. The zero-order valence-corrected chi connectivity index (χ0v) is 10.9. The third-order valence-corrected chi connectivity index (χ3v) is 2.70. The summed E-state index contributed by atoms with van der Waals surface area (Å²) < 4.78 is 0. The number of anilines is 1. The number of rotatable bonds is 3. The van der Waals surface area contributed by atoms with Crippen LogP contribution in [0.25, 0.3) is 0 Å². The van der Waals surface area contributed by atoms with E-state index in [4.69, 9.17) is 5.73 Å². The molecular formula is C12H18ClN3O. The molecule has 0 aromatic carbocycles. The van der Waals surface area contributed by atoms with Gasteiger partial charge in [0.1, 0.15) is 5.82 Å². The molecule has 3 N–H and O–H groups in total. The van der Waals surface area contributed by atoms with Crippen LogP contribution in [0.1, 0.15) is 37.1 Å². The lowest BCUT2D eigenvalue weighted by atomic mass is 10.1. The van der Waals surface area contributed by atoms with Gasteiger partial charge in [-0.2, -0.15) is 0 Å². The molecule has 17 heavy (non-hydrogen) atoms. The average Bonchev–Trinajstić information content (AvgIpc) is 2.99. The molecule has 1 atom stereocenters. The number of amides is 1. The van der Waals surface area contributed by atoms with Crippen molar-refractivity contribution in [2.75, 3.05) is 5.32 Å². The van der Waals surface area contributed by atoms with Gasteiger partial charge in [-0.3, -0.25) is 4.79 Å². The molecule has 5 heteroatoms. The Hall–Kier alpha value is -1.13. The number of nitrogens with two attached hydrogens (primary N) is 1. The Morgan fingerprint density at radius 3 is 2.71 bits per heavy atom. The number of pyridine rings is 1. The molecule has 0 bridgehead atoms. The van der Waals surface area contributed by atoms with Crippen molar-refractivity contribution < 1.29 is 4.79 Å². The highest BCUT2D eigenvalue weighted by Gasteiger charge is 2.29. The molecule has 1 heterocycles. The lowest BCUT2D eigenvalue weighted by Crippen LogP contribution is -2.15. The van der Waals surface area contributed by atoms with Crippen LogP contribution in [0.2, 0.25) is 0 Å². The maximum Gasteiger partial charge on any atom is 0.228 e. The Kier molecular flexibility index (Phi) is 4.48. The molecule has 1 aliphatic carbocycles. The lowest BCUT2D eigenvalue weighted by Gasteiger charge is -2.10. The molecule has 2 rings (SSSR count). The molecule has 1 fully saturated rings. The minimum Gasteiger partial charge on any atom is -0.324 e. The summed E-state index contributed by atoms with van der Waals surface area (Å²) in [6, 6.07) is 3.74. The first-order valence-electron chi connectivity index (χ1n) is 5.61. The predicted molar refractivity (Wildman–Crippen MR) is 70.2 cm³/mol. The summed E-state index contributed by atoms with van der Waals surface area (Å²) in [7, 11) is 0. The highest BCUT2D eigenvalue weighted by atomic mass is 35.5. The summed E-state index contributed by atoms with van der Waals surface area (Å²) in [6.07, 6.45) is 2.00. The van der Waals surface area contributed by atoms with E-state index in [-0.39, 0.29) is 30.3 Å². The van der Waals surface area contributed by atoms with Crippen molar-refractivity contribution in [1.82, 2.24) is 4.98 Å². The summed E-state index contributed by atoms with van der Waals surface area (Å²) in [5.41, 5.74) is 7.69. The van der Waals surface area contributed by atoms with Gasteiger partial charge in [0, 0.05) is 17.7 Å². The van der Waals surface area contributed by atoms with E-state index in [1.54, 1.807) is 0 Å². The molecule has 0 spiro atoms. The molecule has 1 saturated carbocycles. The van der Waals surface area contributed by atoms with Crippen LogP contribution < -0.4 is 11.1 Å². The maximum absolute atomic E-state index is 11.6. The van der Waals surface area contributed by atoms with Crippen LogP contribution in [0.15, 0.2) is 12.1 Å². The fraction of sp³-hybridized carbons (Fsp3) is 0.500. The van der Waals surface area contributed by atoms with Gasteiger partial charge in [-0.25, -0.2) is 4.98 Å². The largest absolute Gasteiger partial charge is 0.324 e. The normalized spacial score (nSPS) is 15.9. The second-order valence-corrected chi connectivity index (χ2v) is 4.48. The van der Waals surface area contributed by atoms with Crippen molar-refractivity contribution in [2.45, 2.75) is 32.7 Å². The van der Waals surface area contributed by atoms with Crippen LogP contribution >= 0.6 is 12.4 Å². The van der Waals surface area contributed by atoms with E-state index in [1.807, 2.05) is 26.0 Å². The van der Waals surface area contributed by atoms with E-state index < -0.39 is 0 Å². The Balaban J connectivity index is 0.00000144. The van der Waals surface area contributed by atoms with Crippen LogP contribution in [-0.2, 0) is 4.79 Å².